The number of rotatable bonds is 4. The summed E-state index contributed by atoms with van der Waals surface area (Å²) in [6.45, 7) is 2.70. The number of benzene rings is 1. The average molecular weight is 284 g/mol. The van der Waals surface area contributed by atoms with Crippen LogP contribution in [0.15, 0.2) is 23.1 Å². The first-order chi connectivity index (χ1) is 9.00. The molecule has 1 aliphatic rings. The molecule has 0 aromatic heterocycles. The second kappa shape index (κ2) is 5.48. The Morgan fingerprint density at radius 3 is 2.79 bits per heavy atom. The van der Waals surface area contributed by atoms with Crippen molar-refractivity contribution < 1.29 is 13.2 Å². The molecule has 0 spiro atoms. The molecule has 1 saturated heterocycles. The maximum Gasteiger partial charge on any atom is 0.243 e. The smallest absolute Gasteiger partial charge is 0.243 e. The zero-order valence-corrected chi connectivity index (χ0v) is 12.1. The molecule has 1 aromatic carbocycles. The molecule has 0 unspecified atom stereocenters. The highest BCUT2D eigenvalue weighted by Crippen LogP contribution is 2.29. The molecule has 19 heavy (non-hydrogen) atoms. The second-order valence-corrected chi connectivity index (χ2v) is 6.64. The number of methoxy groups -OCH3 is 1. The maximum atomic E-state index is 12.7. The van der Waals surface area contributed by atoms with Crippen LogP contribution in [-0.4, -0.2) is 39.0 Å². The van der Waals surface area contributed by atoms with E-state index in [9.17, 15) is 8.42 Å². The lowest BCUT2D eigenvalue weighted by Gasteiger charge is -2.23. The normalized spacial score (nSPS) is 20.7. The Bertz CT molecular complexity index is 557. The van der Waals surface area contributed by atoms with E-state index in [0.29, 0.717) is 29.3 Å². The molecule has 106 valence electrons. The fraction of sp³-hybridized carbons (Fsp3) is 0.538. The zero-order chi connectivity index (χ0) is 14.0. The van der Waals surface area contributed by atoms with Gasteiger partial charge in [0.2, 0.25) is 10.0 Å². The number of ether oxygens (including phenoxy) is 1. The van der Waals surface area contributed by atoms with Crippen molar-refractivity contribution in [1.29, 1.82) is 0 Å². The van der Waals surface area contributed by atoms with Gasteiger partial charge in [0.15, 0.2) is 0 Å². The number of hydrogen-bond donors (Lipinski definition) is 1. The molecule has 0 amide bonds. The SMILES string of the molecule is COc1ccc(S(=O)(=O)N2CCC[C@H]2CN)c(C)c1. The van der Waals surface area contributed by atoms with Crippen LogP contribution >= 0.6 is 0 Å². The molecule has 0 aliphatic carbocycles. The molecule has 5 nitrogen and oxygen atoms in total. The van der Waals surface area contributed by atoms with E-state index in [1.807, 2.05) is 0 Å². The minimum Gasteiger partial charge on any atom is -0.497 e. The van der Waals surface area contributed by atoms with Gasteiger partial charge in [0.25, 0.3) is 0 Å². The van der Waals surface area contributed by atoms with Crippen molar-refractivity contribution in [3.8, 4) is 5.75 Å². The van der Waals surface area contributed by atoms with E-state index in [2.05, 4.69) is 0 Å². The van der Waals surface area contributed by atoms with Crippen molar-refractivity contribution in [1.82, 2.24) is 4.31 Å². The molecular weight excluding hydrogens is 264 g/mol. The van der Waals surface area contributed by atoms with Crippen LogP contribution in [-0.2, 0) is 10.0 Å². The van der Waals surface area contributed by atoms with Crippen molar-refractivity contribution >= 4 is 10.0 Å². The summed E-state index contributed by atoms with van der Waals surface area (Å²) in [6, 6.07) is 4.94. The first-order valence-corrected chi connectivity index (χ1v) is 7.81. The van der Waals surface area contributed by atoms with Gasteiger partial charge in [-0.1, -0.05) is 0 Å². The molecule has 1 aliphatic heterocycles. The summed E-state index contributed by atoms with van der Waals surface area (Å²) in [7, 11) is -1.89. The van der Waals surface area contributed by atoms with Crippen LogP contribution in [0.3, 0.4) is 0 Å². The van der Waals surface area contributed by atoms with Crippen LogP contribution in [0.2, 0.25) is 0 Å². The highest BCUT2D eigenvalue weighted by atomic mass is 32.2. The van der Waals surface area contributed by atoms with E-state index in [-0.39, 0.29) is 6.04 Å². The van der Waals surface area contributed by atoms with E-state index in [1.165, 1.54) is 4.31 Å². The largest absolute Gasteiger partial charge is 0.497 e. The van der Waals surface area contributed by atoms with Gasteiger partial charge in [-0.05, 0) is 43.5 Å². The van der Waals surface area contributed by atoms with Crippen molar-refractivity contribution in [2.24, 2.45) is 5.73 Å². The molecule has 6 heteroatoms. The number of hydrogen-bond acceptors (Lipinski definition) is 4. The summed E-state index contributed by atoms with van der Waals surface area (Å²) >= 11 is 0. The lowest BCUT2D eigenvalue weighted by molar-refractivity contribution is 0.392. The monoisotopic (exact) mass is 284 g/mol. The maximum absolute atomic E-state index is 12.7. The van der Waals surface area contributed by atoms with Gasteiger partial charge in [-0.2, -0.15) is 4.31 Å². The van der Waals surface area contributed by atoms with Crippen molar-refractivity contribution in [3.05, 3.63) is 23.8 Å². The van der Waals surface area contributed by atoms with E-state index < -0.39 is 10.0 Å². The van der Waals surface area contributed by atoms with Crippen LogP contribution in [0.4, 0.5) is 0 Å². The molecular formula is C13H20N2O3S. The summed E-state index contributed by atoms with van der Waals surface area (Å²) in [6.07, 6.45) is 1.71. The third-order valence-electron chi connectivity index (χ3n) is 3.56. The van der Waals surface area contributed by atoms with Crippen LogP contribution in [0.1, 0.15) is 18.4 Å². The van der Waals surface area contributed by atoms with Gasteiger partial charge < -0.3 is 10.5 Å². The van der Waals surface area contributed by atoms with E-state index >= 15 is 0 Å². The average Bonchev–Trinajstić information content (AvgIpc) is 2.87. The number of nitrogens with zero attached hydrogens (tertiary/aromatic N) is 1. The molecule has 0 saturated carbocycles. The standard InChI is InChI=1S/C13H20N2O3S/c1-10-8-12(18-2)5-6-13(10)19(16,17)15-7-3-4-11(15)9-14/h5-6,8,11H,3-4,7,9,14H2,1-2H3/t11-/m0/s1. The summed E-state index contributed by atoms with van der Waals surface area (Å²) in [5.41, 5.74) is 6.35. The van der Waals surface area contributed by atoms with Crippen molar-refractivity contribution in [2.75, 3.05) is 20.2 Å². The number of nitrogens with two attached hydrogens (primary N) is 1. The zero-order valence-electron chi connectivity index (χ0n) is 11.3. The topological polar surface area (TPSA) is 72.6 Å². The van der Waals surface area contributed by atoms with Gasteiger partial charge in [0.1, 0.15) is 5.75 Å². The first kappa shape index (κ1) is 14.3. The van der Waals surface area contributed by atoms with Gasteiger partial charge >= 0.3 is 0 Å². The molecule has 1 atom stereocenters. The Hall–Kier alpha value is -1.11. The lowest BCUT2D eigenvalue weighted by Crippen LogP contribution is -2.40. The van der Waals surface area contributed by atoms with Crippen LogP contribution < -0.4 is 10.5 Å². The summed E-state index contributed by atoms with van der Waals surface area (Å²) in [5.74, 6) is 0.660. The molecule has 2 rings (SSSR count). The van der Waals surface area contributed by atoms with Crippen molar-refractivity contribution in [2.45, 2.75) is 30.7 Å². The highest BCUT2D eigenvalue weighted by molar-refractivity contribution is 7.89. The Morgan fingerprint density at radius 1 is 1.47 bits per heavy atom. The third kappa shape index (κ3) is 2.61. The quantitative estimate of drug-likeness (QED) is 0.899. The Balaban J connectivity index is 2.39. The second-order valence-electron chi connectivity index (χ2n) is 4.78. The fourth-order valence-electron chi connectivity index (χ4n) is 2.53. The first-order valence-electron chi connectivity index (χ1n) is 6.37. The molecule has 0 bridgehead atoms. The molecule has 1 fully saturated rings. The van der Waals surface area contributed by atoms with E-state index in [4.69, 9.17) is 10.5 Å². The van der Waals surface area contributed by atoms with Gasteiger partial charge in [-0.25, -0.2) is 8.42 Å². The lowest BCUT2D eigenvalue weighted by atomic mass is 10.2. The van der Waals surface area contributed by atoms with Gasteiger partial charge in [0, 0.05) is 19.1 Å². The third-order valence-corrected chi connectivity index (χ3v) is 5.68. The molecule has 1 heterocycles. The Kier molecular flexibility index (Phi) is 4.13. The van der Waals surface area contributed by atoms with E-state index in [1.54, 1.807) is 32.2 Å². The van der Waals surface area contributed by atoms with Crippen LogP contribution in [0.25, 0.3) is 0 Å². The van der Waals surface area contributed by atoms with Gasteiger partial charge in [-0.15, -0.1) is 0 Å². The highest BCUT2D eigenvalue weighted by Gasteiger charge is 2.35. The van der Waals surface area contributed by atoms with Crippen molar-refractivity contribution in [3.63, 3.8) is 0 Å². The van der Waals surface area contributed by atoms with Crippen LogP contribution in [0.5, 0.6) is 5.75 Å². The Labute approximate surface area is 114 Å². The molecule has 2 N–H and O–H groups in total. The predicted molar refractivity (Wildman–Crippen MR) is 73.7 cm³/mol. The summed E-state index contributed by atoms with van der Waals surface area (Å²) in [4.78, 5) is 0.341. The predicted octanol–water partition coefficient (Wildman–Crippen LogP) is 1.12. The summed E-state index contributed by atoms with van der Waals surface area (Å²) in [5, 5.41) is 0. The minimum absolute atomic E-state index is 0.0773. The Morgan fingerprint density at radius 2 is 2.21 bits per heavy atom. The molecule has 1 aromatic rings. The summed E-state index contributed by atoms with van der Waals surface area (Å²) < 4.78 is 31.9. The minimum atomic E-state index is -3.46. The van der Waals surface area contributed by atoms with Crippen LogP contribution in [0, 0.1) is 6.92 Å². The van der Waals surface area contributed by atoms with Gasteiger partial charge in [0.05, 0.1) is 12.0 Å². The number of sulfonamides is 1. The molecule has 0 radical (unpaired) electrons. The van der Waals surface area contributed by atoms with E-state index in [0.717, 1.165) is 12.8 Å². The fourth-order valence-corrected chi connectivity index (χ4v) is 4.44. The number of aryl methyl sites for hydroxylation is 1. The van der Waals surface area contributed by atoms with Gasteiger partial charge in [-0.3, -0.25) is 0 Å².